The zero-order valence-electron chi connectivity index (χ0n) is 8.54. The molecule has 2 N–H and O–H groups in total. The van der Waals surface area contributed by atoms with E-state index < -0.39 is 0 Å². The number of hydrogen-bond donors (Lipinski definition) is 1. The molecule has 2 atom stereocenters. The lowest BCUT2D eigenvalue weighted by molar-refractivity contribution is -0.156. The van der Waals surface area contributed by atoms with Gasteiger partial charge in [0, 0.05) is 6.54 Å². The number of fused-ring (bicyclic) bond motifs is 2. The van der Waals surface area contributed by atoms with Crippen molar-refractivity contribution in [3.63, 3.8) is 0 Å². The first-order valence-corrected chi connectivity index (χ1v) is 5.18. The van der Waals surface area contributed by atoms with Crippen molar-refractivity contribution in [2.45, 2.75) is 31.8 Å². The topological polar surface area (TPSA) is 61.5 Å². The van der Waals surface area contributed by atoms with Crippen LogP contribution >= 0.6 is 0 Å². The molecular formula is C10H17NO3. The Labute approximate surface area is 83.7 Å². The summed E-state index contributed by atoms with van der Waals surface area (Å²) in [5.41, 5.74) is 5.05. The van der Waals surface area contributed by atoms with Gasteiger partial charge in [-0.25, -0.2) is 0 Å². The van der Waals surface area contributed by atoms with E-state index in [9.17, 15) is 4.79 Å². The molecule has 4 heteroatoms. The third kappa shape index (κ3) is 1.25. The van der Waals surface area contributed by atoms with E-state index in [1.807, 2.05) is 6.92 Å². The number of carbonyl (C=O) groups excluding carboxylic acids is 1. The average Bonchev–Trinajstić information content (AvgIpc) is 2.76. The van der Waals surface area contributed by atoms with Gasteiger partial charge in [-0.05, 0) is 26.2 Å². The summed E-state index contributed by atoms with van der Waals surface area (Å²) in [4.78, 5) is 11.7. The Kier molecular flexibility index (Phi) is 2.27. The molecule has 0 aromatic carbocycles. The van der Waals surface area contributed by atoms with E-state index in [4.69, 9.17) is 15.2 Å². The van der Waals surface area contributed by atoms with Gasteiger partial charge in [-0.1, -0.05) is 0 Å². The summed E-state index contributed by atoms with van der Waals surface area (Å²) in [5.74, 6) is -0.104. The summed E-state index contributed by atoms with van der Waals surface area (Å²) in [6, 6.07) is 0. The van der Waals surface area contributed by atoms with E-state index in [-0.39, 0.29) is 17.0 Å². The van der Waals surface area contributed by atoms with E-state index in [2.05, 4.69) is 0 Å². The van der Waals surface area contributed by atoms with E-state index in [0.29, 0.717) is 19.8 Å². The number of esters is 1. The van der Waals surface area contributed by atoms with Crippen molar-refractivity contribution in [2.75, 3.05) is 19.8 Å². The van der Waals surface area contributed by atoms with Gasteiger partial charge in [-0.15, -0.1) is 0 Å². The minimum absolute atomic E-state index is 0.104. The molecule has 1 saturated carbocycles. The Balaban J connectivity index is 2.10. The molecule has 1 aliphatic carbocycles. The molecule has 0 spiro atoms. The van der Waals surface area contributed by atoms with Gasteiger partial charge in [0.25, 0.3) is 0 Å². The summed E-state index contributed by atoms with van der Waals surface area (Å²) in [6.07, 6.45) is 2.50. The van der Waals surface area contributed by atoms with Crippen molar-refractivity contribution in [1.29, 1.82) is 0 Å². The molecule has 2 rings (SSSR count). The molecule has 1 aliphatic heterocycles. The van der Waals surface area contributed by atoms with E-state index in [1.165, 1.54) is 0 Å². The van der Waals surface area contributed by atoms with Crippen LogP contribution in [0.25, 0.3) is 0 Å². The van der Waals surface area contributed by atoms with Gasteiger partial charge >= 0.3 is 5.97 Å². The molecule has 0 radical (unpaired) electrons. The van der Waals surface area contributed by atoms with Crippen LogP contribution in [0.5, 0.6) is 0 Å². The molecule has 14 heavy (non-hydrogen) atoms. The Hall–Kier alpha value is -0.610. The third-order valence-electron chi connectivity index (χ3n) is 3.45. The Morgan fingerprint density at radius 3 is 2.79 bits per heavy atom. The minimum atomic E-state index is -0.380. The molecule has 1 saturated heterocycles. The van der Waals surface area contributed by atoms with Crippen LogP contribution in [0.3, 0.4) is 0 Å². The molecule has 0 aromatic rings. The van der Waals surface area contributed by atoms with Crippen LogP contribution < -0.4 is 5.73 Å². The van der Waals surface area contributed by atoms with Gasteiger partial charge in [-0.3, -0.25) is 4.79 Å². The fraction of sp³-hybridized carbons (Fsp3) is 0.900. The molecule has 4 nitrogen and oxygen atoms in total. The van der Waals surface area contributed by atoms with Crippen molar-refractivity contribution in [2.24, 2.45) is 11.1 Å². The first-order chi connectivity index (χ1) is 6.66. The highest BCUT2D eigenvalue weighted by atomic mass is 16.5. The van der Waals surface area contributed by atoms with E-state index in [0.717, 1.165) is 19.3 Å². The van der Waals surface area contributed by atoms with E-state index >= 15 is 0 Å². The van der Waals surface area contributed by atoms with Gasteiger partial charge in [0.15, 0.2) is 0 Å². The first kappa shape index (κ1) is 9.93. The maximum absolute atomic E-state index is 11.7. The second kappa shape index (κ2) is 3.21. The second-order valence-electron chi connectivity index (χ2n) is 4.35. The normalized spacial score (nSPS) is 40.1. The molecule has 2 fully saturated rings. The van der Waals surface area contributed by atoms with Crippen LogP contribution in [0.4, 0.5) is 0 Å². The summed E-state index contributed by atoms with van der Waals surface area (Å²) >= 11 is 0. The SMILES string of the molecule is CCOC(=O)C12CCC(CN)(C1)OC2. The van der Waals surface area contributed by atoms with E-state index in [1.54, 1.807) is 0 Å². The second-order valence-corrected chi connectivity index (χ2v) is 4.35. The van der Waals surface area contributed by atoms with Crippen molar-refractivity contribution < 1.29 is 14.3 Å². The quantitative estimate of drug-likeness (QED) is 0.670. The summed E-state index contributed by atoms with van der Waals surface area (Å²) in [6.45, 7) is 3.27. The van der Waals surface area contributed by atoms with Gasteiger partial charge < -0.3 is 15.2 Å². The fourth-order valence-electron chi connectivity index (χ4n) is 2.55. The Morgan fingerprint density at radius 1 is 1.57 bits per heavy atom. The molecule has 1 heterocycles. The highest BCUT2D eigenvalue weighted by molar-refractivity contribution is 5.78. The van der Waals surface area contributed by atoms with Crippen LogP contribution in [-0.2, 0) is 14.3 Å². The average molecular weight is 199 g/mol. The first-order valence-electron chi connectivity index (χ1n) is 5.18. The summed E-state index contributed by atoms with van der Waals surface area (Å²) in [5, 5.41) is 0. The van der Waals surface area contributed by atoms with Gasteiger partial charge in [0.05, 0.1) is 24.2 Å². The fourth-order valence-corrected chi connectivity index (χ4v) is 2.55. The summed E-state index contributed by atoms with van der Waals surface area (Å²) in [7, 11) is 0. The molecule has 0 amide bonds. The molecule has 2 aliphatic rings. The van der Waals surface area contributed by atoms with Gasteiger partial charge in [-0.2, -0.15) is 0 Å². The van der Waals surface area contributed by atoms with Crippen LogP contribution in [-0.4, -0.2) is 31.3 Å². The van der Waals surface area contributed by atoms with Gasteiger partial charge in [0.2, 0.25) is 0 Å². The van der Waals surface area contributed by atoms with Crippen LogP contribution in [0.1, 0.15) is 26.2 Å². The summed E-state index contributed by atoms with van der Waals surface area (Å²) < 4.78 is 10.7. The molecule has 2 unspecified atom stereocenters. The minimum Gasteiger partial charge on any atom is -0.465 e. The zero-order valence-corrected chi connectivity index (χ0v) is 8.54. The zero-order chi connectivity index (χ0) is 10.2. The third-order valence-corrected chi connectivity index (χ3v) is 3.45. The Bertz CT molecular complexity index is 244. The molecule has 0 aromatic heterocycles. The van der Waals surface area contributed by atoms with Crippen molar-refractivity contribution in [3.05, 3.63) is 0 Å². The molecular weight excluding hydrogens is 182 g/mol. The van der Waals surface area contributed by atoms with Crippen LogP contribution in [0.2, 0.25) is 0 Å². The van der Waals surface area contributed by atoms with Crippen molar-refractivity contribution >= 4 is 5.97 Å². The molecule has 2 bridgehead atoms. The number of hydrogen-bond acceptors (Lipinski definition) is 4. The van der Waals surface area contributed by atoms with Crippen molar-refractivity contribution in [1.82, 2.24) is 0 Å². The largest absolute Gasteiger partial charge is 0.465 e. The number of nitrogens with two attached hydrogens (primary N) is 1. The number of rotatable bonds is 3. The number of ether oxygens (including phenoxy) is 2. The standard InChI is InChI=1S/C10H17NO3/c1-2-13-8(12)9-3-4-10(5-9,6-11)14-7-9/h2-7,11H2,1H3. The smallest absolute Gasteiger partial charge is 0.314 e. The lowest BCUT2D eigenvalue weighted by Gasteiger charge is -2.26. The maximum atomic E-state index is 11.7. The predicted octanol–water partition coefficient (Wildman–Crippen LogP) is 0.448. The highest BCUT2D eigenvalue weighted by Gasteiger charge is 2.59. The number of carbonyl (C=O) groups is 1. The highest BCUT2D eigenvalue weighted by Crippen LogP contribution is 2.53. The lowest BCUT2D eigenvalue weighted by atomic mass is 9.88. The van der Waals surface area contributed by atoms with Crippen LogP contribution in [0.15, 0.2) is 0 Å². The Morgan fingerprint density at radius 2 is 2.36 bits per heavy atom. The monoisotopic (exact) mass is 199 g/mol. The van der Waals surface area contributed by atoms with Crippen LogP contribution in [0, 0.1) is 5.41 Å². The van der Waals surface area contributed by atoms with Gasteiger partial charge in [0.1, 0.15) is 0 Å². The predicted molar refractivity (Wildman–Crippen MR) is 50.7 cm³/mol. The van der Waals surface area contributed by atoms with Crippen molar-refractivity contribution in [3.8, 4) is 0 Å². The molecule has 80 valence electrons. The lowest BCUT2D eigenvalue weighted by Crippen LogP contribution is -2.36. The maximum Gasteiger partial charge on any atom is 0.314 e.